The van der Waals surface area contributed by atoms with Crippen molar-refractivity contribution in [2.45, 2.75) is 26.1 Å². The minimum absolute atomic E-state index is 0.0938. The zero-order valence-corrected chi connectivity index (χ0v) is 9.31. The molecule has 0 aliphatic heterocycles. The van der Waals surface area contributed by atoms with Crippen LogP contribution in [-0.4, -0.2) is 11.7 Å². The molecule has 1 aromatic rings. The Morgan fingerprint density at radius 3 is 2.59 bits per heavy atom. The predicted molar refractivity (Wildman–Crippen MR) is 57.4 cm³/mol. The van der Waals surface area contributed by atoms with E-state index >= 15 is 0 Å². The molecule has 92 valence electrons. The van der Waals surface area contributed by atoms with Gasteiger partial charge in [-0.2, -0.15) is 14.0 Å². The molecule has 0 spiro atoms. The molecule has 1 N–H and O–H groups in total. The Morgan fingerprint density at radius 1 is 1.41 bits per heavy atom. The van der Waals surface area contributed by atoms with Gasteiger partial charge in [0.15, 0.2) is 0 Å². The van der Waals surface area contributed by atoms with E-state index in [-0.39, 0.29) is 11.3 Å². The van der Waals surface area contributed by atoms with Crippen LogP contribution in [0.25, 0.3) is 0 Å². The summed E-state index contributed by atoms with van der Waals surface area (Å²) in [5.41, 5.74) is 0.209. The zero-order valence-electron chi connectivity index (χ0n) is 9.31. The Hall–Kier alpha value is -1.67. The molecule has 0 saturated heterocycles. The predicted octanol–water partition coefficient (Wildman–Crippen LogP) is 2.87. The Kier molecular flexibility index (Phi) is 4.85. The molecule has 0 aliphatic carbocycles. The first kappa shape index (κ1) is 13.4. The summed E-state index contributed by atoms with van der Waals surface area (Å²) in [4.78, 5) is 0. The smallest absolute Gasteiger partial charge is 0.387 e. The molecule has 3 nitrogen and oxygen atoms in total. The van der Waals surface area contributed by atoms with Crippen molar-refractivity contribution >= 4 is 0 Å². The van der Waals surface area contributed by atoms with Gasteiger partial charge >= 0.3 is 6.61 Å². The number of ether oxygens (including phenoxy) is 1. The lowest BCUT2D eigenvalue weighted by atomic mass is 9.94. The van der Waals surface area contributed by atoms with Crippen LogP contribution >= 0.6 is 0 Å². The van der Waals surface area contributed by atoms with Crippen LogP contribution in [0.3, 0.4) is 0 Å². The van der Waals surface area contributed by atoms with Gasteiger partial charge in [-0.3, -0.25) is 0 Å². The molecule has 0 heterocycles. The van der Waals surface area contributed by atoms with Crippen molar-refractivity contribution in [2.24, 2.45) is 5.92 Å². The first-order valence-electron chi connectivity index (χ1n) is 5.21. The third kappa shape index (κ3) is 3.40. The highest BCUT2D eigenvalue weighted by Gasteiger charge is 2.23. The number of halogens is 2. The SMILES string of the molecule is CCC(C#N)C(O)c1ccccc1OC(F)F. The van der Waals surface area contributed by atoms with E-state index in [0.29, 0.717) is 6.42 Å². The third-order valence-electron chi connectivity index (χ3n) is 2.44. The first-order valence-corrected chi connectivity index (χ1v) is 5.21. The lowest BCUT2D eigenvalue weighted by Crippen LogP contribution is -2.13. The minimum Gasteiger partial charge on any atom is -0.434 e. The van der Waals surface area contributed by atoms with Crippen LogP contribution in [0.4, 0.5) is 8.78 Å². The van der Waals surface area contributed by atoms with E-state index in [1.54, 1.807) is 13.0 Å². The second kappa shape index (κ2) is 6.16. The van der Waals surface area contributed by atoms with Crippen LogP contribution in [0, 0.1) is 17.2 Å². The number of para-hydroxylation sites is 1. The highest BCUT2D eigenvalue weighted by Crippen LogP contribution is 2.32. The van der Waals surface area contributed by atoms with E-state index in [4.69, 9.17) is 5.26 Å². The molecule has 0 bridgehead atoms. The topological polar surface area (TPSA) is 53.2 Å². The molecule has 0 radical (unpaired) electrons. The van der Waals surface area contributed by atoms with Gasteiger partial charge in [0.05, 0.1) is 18.1 Å². The number of hydrogen-bond acceptors (Lipinski definition) is 3. The van der Waals surface area contributed by atoms with E-state index in [2.05, 4.69) is 4.74 Å². The van der Waals surface area contributed by atoms with E-state index in [1.807, 2.05) is 6.07 Å². The van der Waals surface area contributed by atoms with E-state index in [0.717, 1.165) is 0 Å². The number of hydrogen-bond donors (Lipinski definition) is 1. The highest BCUT2D eigenvalue weighted by molar-refractivity contribution is 5.36. The van der Waals surface area contributed by atoms with Gasteiger partial charge in [0.2, 0.25) is 0 Å². The van der Waals surface area contributed by atoms with Gasteiger partial charge in [0.25, 0.3) is 0 Å². The van der Waals surface area contributed by atoms with Crippen molar-refractivity contribution in [3.63, 3.8) is 0 Å². The van der Waals surface area contributed by atoms with Crippen molar-refractivity contribution in [1.29, 1.82) is 5.26 Å². The van der Waals surface area contributed by atoms with Crippen LogP contribution in [0.5, 0.6) is 5.75 Å². The van der Waals surface area contributed by atoms with Crippen LogP contribution in [0.2, 0.25) is 0 Å². The Balaban J connectivity index is 3.00. The van der Waals surface area contributed by atoms with Gasteiger partial charge in [-0.05, 0) is 12.5 Å². The Bertz CT molecular complexity index is 404. The fourth-order valence-electron chi connectivity index (χ4n) is 1.53. The molecule has 0 aromatic heterocycles. The molecule has 2 atom stereocenters. The molecule has 17 heavy (non-hydrogen) atoms. The van der Waals surface area contributed by atoms with Crippen molar-refractivity contribution in [3.8, 4) is 11.8 Å². The lowest BCUT2D eigenvalue weighted by Gasteiger charge is -2.18. The molecule has 0 aliphatic rings. The van der Waals surface area contributed by atoms with Crippen molar-refractivity contribution < 1.29 is 18.6 Å². The fraction of sp³-hybridized carbons (Fsp3) is 0.417. The molecule has 1 aromatic carbocycles. The number of alkyl halides is 2. The second-order valence-electron chi connectivity index (χ2n) is 3.51. The summed E-state index contributed by atoms with van der Waals surface area (Å²) in [5.74, 6) is -0.735. The quantitative estimate of drug-likeness (QED) is 0.862. The van der Waals surface area contributed by atoms with E-state index in [1.165, 1.54) is 18.2 Å². The van der Waals surface area contributed by atoms with Crippen LogP contribution in [-0.2, 0) is 0 Å². The summed E-state index contributed by atoms with van der Waals surface area (Å²) in [5, 5.41) is 18.8. The molecule has 5 heteroatoms. The van der Waals surface area contributed by atoms with E-state index < -0.39 is 18.6 Å². The number of nitriles is 1. The maximum Gasteiger partial charge on any atom is 0.387 e. The molecule has 0 amide bonds. The summed E-state index contributed by atoms with van der Waals surface area (Å²) in [7, 11) is 0. The van der Waals surface area contributed by atoms with Gasteiger partial charge < -0.3 is 9.84 Å². The van der Waals surface area contributed by atoms with Crippen LogP contribution in [0.15, 0.2) is 24.3 Å². The molecule has 1 rings (SSSR count). The molecule has 0 fully saturated rings. The van der Waals surface area contributed by atoms with Gasteiger partial charge in [0, 0.05) is 5.56 Å². The lowest BCUT2D eigenvalue weighted by molar-refractivity contribution is -0.0519. The summed E-state index contributed by atoms with van der Waals surface area (Å²) in [6, 6.07) is 7.88. The molecule has 2 unspecified atom stereocenters. The van der Waals surface area contributed by atoms with Crippen LogP contribution in [0.1, 0.15) is 25.0 Å². The van der Waals surface area contributed by atoms with Crippen molar-refractivity contribution in [1.82, 2.24) is 0 Å². The Morgan fingerprint density at radius 2 is 2.06 bits per heavy atom. The second-order valence-corrected chi connectivity index (χ2v) is 3.51. The highest BCUT2D eigenvalue weighted by atomic mass is 19.3. The number of rotatable bonds is 5. The average Bonchev–Trinajstić information content (AvgIpc) is 2.30. The average molecular weight is 241 g/mol. The van der Waals surface area contributed by atoms with E-state index in [9.17, 15) is 13.9 Å². The van der Waals surface area contributed by atoms with Gasteiger partial charge in [0.1, 0.15) is 5.75 Å². The Labute approximate surface area is 98.3 Å². The molecular weight excluding hydrogens is 228 g/mol. The first-order chi connectivity index (χ1) is 8.10. The maximum absolute atomic E-state index is 12.2. The summed E-state index contributed by atoms with van der Waals surface area (Å²) in [6.45, 7) is -1.21. The van der Waals surface area contributed by atoms with Crippen molar-refractivity contribution in [3.05, 3.63) is 29.8 Å². The molecule has 0 saturated carbocycles. The standard InChI is InChI=1S/C12H13F2NO2/c1-2-8(7-15)11(16)9-5-3-4-6-10(9)17-12(13)14/h3-6,8,11-12,16H,2H2,1H3. The number of aliphatic hydroxyl groups is 1. The zero-order chi connectivity index (χ0) is 12.8. The summed E-state index contributed by atoms with van der Waals surface area (Å²) in [6.07, 6.45) is -0.694. The molecular formula is C12H13F2NO2. The maximum atomic E-state index is 12.2. The van der Waals surface area contributed by atoms with Crippen molar-refractivity contribution in [2.75, 3.05) is 0 Å². The van der Waals surface area contributed by atoms with Crippen LogP contribution < -0.4 is 4.74 Å². The normalized spacial score (nSPS) is 14.1. The monoisotopic (exact) mass is 241 g/mol. The number of benzene rings is 1. The summed E-state index contributed by atoms with van der Waals surface area (Å²) >= 11 is 0. The van der Waals surface area contributed by atoms with Gasteiger partial charge in [-0.1, -0.05) is 25.1 Å². The minimum atomic E-state index is -2.95. The third-order valence-corrected chi connectivity index (χ3v) is 2.44. The van der Waals surface area contributed by atoms with Gasteiger partial charge in [-0.15, -0.1) is 0 Å². The number of nitrogens with zero attached hydrogens (tertiary/aromatic N) is 1. The largest absolute Gasteiger partial charge is 0.434 e. The number of aliphatic hydroxyl groups excluding tert-OH is 1. The summed E-state index contributed by atoms with van der Waals surface area (Å²) < 4.78 is 28.6. The fourth-order valence-corrected chi connectivity index (χ4v) is 1.53. The van der Waals surface area contributed by atoms with Gasteiger partial charge in [-0.25, -0.2) is 0 Å².